The molecule has 44 heavy (non-hydrogen) atoms. The number of carbonyl (C=O) groups excluding carboxylic acids is 1. The highest BCUT2D eigenvalue weighted by Gasteiger charge is 2.41. The maximum Gasteiger partial charge on any atom is 0.252 e. The molecule has 1 amide bonds. The summed E-state index contributed by atoms with van der Waals surface area (Å²) in [5, 5.41) is 10.8. The zero-order chi connectivity index (χ0) is 30.6. The van der Waals surface area contributed by atoms with Gasteiger partial charge in [-0.3, -0.25) is 4.79 Å². The van der Waals surface area contributed by atoms with Crippen LogP contribution in [0, 0.1) is 19.7 Å². The van der Waals surface area contributed by atoms with Gasteiger partial charge in [0.15, 0.2) is 0 Å². The fourth-order valence-corrected chi connectivity index (χ4v) is 6.74. The van der Waals surface area contributed by atoms with Gasteiger partial charge in [-0.1, -0.05) is 48.5 Å². The molecule has 3 N–H and O–H groups in total. The van der Waals surface area contributed by atoms with E-state index < -0.39 is 0 Å². The van der Waals surface area contributed by atoms with Crippen LogP contribution < -0.4 is 20.7 Å². The first kappa shape index (κ1) is 30.5. The number of fused-ring (bicyclic) bond motifs is 2. The van der Waals surface area contributed by atoms with Gasteiger partial charge in [-0.2, -0.15) is 0 Å². The lowest BCUT2D eigenvalue weighted by Crippen LogP contribution is -2.60. The van der Waals surface area contributed by atoms with E-state index in [1.165, 1.54) is 17.2 Å². The highest BCUT2D eigenvalue weighted by atomic mass is 19.1. The van der Waals surface area contributed by atoms with E-state index >= 15 is 0 Å². The Morgan fingerprint density at radius 3 is 2.55 bits per heavy atom. The van der Waals surface area contributed by atoms with Crippen molar-refractivity contribution in [2.75, 3.05) is 26.7 Å². The van der Waals surface area contributed by atoms with Crippen molar-refractivity contribution in [3.63, 3.8) is 0 Å². The van der Waals surface area contributed by atoms with Gasteiger partial charge in [-0.05, 0) is 104 Å². The molecule has 2 fully saturated rings. The van der Waals surface area contributed by atoms with Crippen LogP contribution in [0.3, 0.4) is 0 Å². The number of hydrogen-bond donors (Lipinski definition) is 3. The number of piperazine rings is 1. The quantitative estimate of drug-likeness (QED) is 0.243. The number of methoxy groups -OCH3 is 1. The fourth-order valence-electron chi connectivity index (χ4n) is 6.74. The van der Waals surface area contributed by atoms with Crippen molar-refractivity contribution in [3.8, 4) is 5.75 Å². The van der Waals surface area contributed by atoms with Crippen molar-refractivity contribution in [1.29, 1.82) is 0 Å². The molecule has 232 valence electrons. The molecule has 1 saturated heterocycles. The molecule has 2 aliphatic heterocycles. The van der Waals surface area contributed by atoms with Crippen LogP contribution in [0.4, 0.5) is 4.39 Å². The zero-order valence-electron chi connectivity index (χ0n) is 26.2. The van der Waals surface area contributed by atoms with Crippen LogP contribution >= 0.6 is 0 Å². The molecule has 1 saturated carbocycles. The minimum Gasteiger partial charge on any atom is -0.496 e. The van der Waals surface area contributed by atoms with E-state index in [1.54, 1.807) is 13.2 Å². The fraction of sp³-hybridized carbons (Fsp3) is 0.432. The third kappa shape index (κ3) is 6.75. The Labute approximate surface area is 261 Å². The van der Waals surface area contributed by atoms with Gasteiger partial charge in [0.05, 0.1) is 13.2 Å². The number of nitrogens with zero attached hydrogens (tertiary/aromatic N) is 1. The Morgan fingerprint density at radius 1 is 1.00 bits per heavy atom. The minimum absolute atomic E-state index is 0.00475. The van der Waals surface area contributed by atoms with E-state index in [2.05, 4.69) is 58.1 Å². The van der Waals surface area contributed by atoms with E-state index in [0.29, 0.717) is 19.1 Å². The molecule has 6 rings (SSSR count). The summed E-state index contributed by atoms with van der Waals surface area (Å²) in [6.07, 6.45) is 4.92. The molecule has 0 radical (unpaired) electrons. The van der Waals surface area contributed by atoms with Crippen LogP contribution in [0.25, 0.3) is 5.57 Å². The summed E-state index contributed by atoms with van der Waals surface area (Å²) in [6, 6.07) is 20.8. The van der Waals surface area contributed by atoms with Crippen molar-refractivity contribution in [2.24, 2.45) is 0 Å². The number of carbonyl (C=O) groups is 1. The standard InChI is InChI=1S/C37H45FN4O2/c1-24-28(8-4-10-33(24)38)20-39-18-6-7-26-12-14-27(15-13-26)32-19-30-21-40-22-34(41-30)36(32)37(43)42(31-16-17-31)23-29-9-5-11-35(44-3)25(29)2/h4-5,8-15,30-31,34,39-41H,6-7,16-23H2,1-3H3. The molecule has 2 atom stereocenters. The molecule has 2 unspecified atom stereocenters. The molecule has 2 heterocycles. The molecular weight excluding hydrogens is 551 g/mol. The average Bonchev–Trinajstić information content (AvgIpc) is 3.88. The normalized spacial score (nSPS) is 19.6. The van der Waals surface area contributed by atoms with Gasteiger partial charge >= 0.3 is 0 Å². The lowest BCUT2D eigenvalue weighted by atomic mass is 9.83. The minimum atomic E-state index is -0.148. The first-order chi connectivity index (χ1) is 21.4. The Balaban J connectivity index is 1.17. The number of hydrogen-bond acceptors (Lipinski definition) is 5. The lowest BCUT2D eigenvalue weighted by Gasteiger charge is -2.41. The summed E-state index contributed by atoms with van der Waals surface area (Å²) in [5.74, 6) is 0.875. The highest BCUT2D eigenvalue weighted by molar-refractivity contribution is 6.03. The summed E-state index contributed by atoms with van der Waals surface area (Å²) in [4.78, 5) is 16.6. The van der Waals surface area contributed by atoms with Gasteiger partial charge < -0.3 is 25.6 Å². The van der Waals surface area contributed by atoms with Crippen LogP contribution in [-0.4, -0.2) is 55.7 Å². The maximum absolute atomic E-state index is 14.5. The molecule has 3 aromatic rings. The predicted molar refractivity (Wildman–Crippen MR) is 174 cm³/mol. The molecule has 7 heteroatoms. The van der Waals surface area contributed by atoms with E-state index in [1.807, 2.05) is 25.1 Å². The van der Waals surface area contributed by atoms with Gasteiger partial charge in [0.25, 0.3) is 5.91 Å². The summed E-state index contributed by atoms with van der Waals surface area (Å²) in [6.45, 7) is 7.73. The highest BCUT2D eigenvalue weighted by Crippen LogP contribution is 2.37. The summed E-state index contributed by atoms with van der Waals surface area (Å²) >= 11 is 0. The predicted octanol–water partition coefficient (Wildman–Crippen LogP) is 5.45. The Kier molecular flexibility index (Phi) is 9.45. The molecule has 3 aliphatic rings. The lowest BCUT2D eigenvalue weighted by molar-refractivity contribution is -0.128. The first-order valence-electron chi connectivity index (χ1n) is 16.1. The van der Waals surface area contributed by atoms with Gasteiger partial charge in [0.2, 0.25) is 0 Å². The first-order valence-corrected chi connectivity index (χ1v) is 16.1. The van der Waals surface area contributed by atoms with Crippen LogP contribution in [0.2, 0.25) is 0 Å². The molecule has 6 nitrogen and oxygen atoms in total. The van der Waals surface area contributed by atoms with Crippen molar-refractivity contribution >= 4 is 11.5 Å². The smallest absolute Gasteiger partial charge is 0.252 e. The number of nitrogens with one attached hydrogen (secondary N) is 3. The summed E-state index contributed by atoms with van der Waals surface area (Å²) < 4.78 is 19.4. The van der Waals surface area contributed by atoms with Crippen LogP contribution in [0.1, 0.15) is 59.1 Å². The van der Waals surface area contributed by atoms with Crippen molar-refractivity contribution in [3.05, 3.63) is 105 Å². The molecule has 0 aromatic heterocycles. The van der Waals surface area contributed by atoms with Crippen LogP contribution in [0.15, 0.2) is 66.2 Å². The van der Waals surface area contributed by atoms with Gasteiger partial charge in [-0.15, -0.1) is 0 Å². The van der Waals surface area contributed by atoms with Gasteiger partial charge in [0, 0.05) is 43.8 Å². The number of amides is 1. The van der Waals surface area contributed by atoms with E-state index in [4.69, 9.17) is 4.74 Å². The van der Waals surface area contributed by atoms with Crippen LogP contribution in [-0.2, 0) is 24.3 Å². The number of ether oxygens (including phenoxy) is 1. The zero-order valence-corrected chi connectivity index (χ0v) is 26.2. The molecule has 0 spiro atoms. The van der Waals surface area contributed by atoms with Crippen molar-refractivity contribution in [2.45, 2.75) is 77.2 Å². The molecule has 2 bridgehead atoms. The molecule has 1 aliphatic carbocycles. The number of rotatable bonds is 12. The average molecular weight is 597 g/mol. The topological polar surface area (TPSA) is 65.6 Å². The van der Waals surface area contributed by atoms with Crippen molar-refractivity contribution in [1.82, 2.24) is 20.9 Å². The van der Waals surface area contributed by atoms with E-state index in [0.717, 1.165) is 90.9 Å². The van der Waals surface area contributed by atoms with E-state index in [9.17, 15) is 9.18 Å². The van der Waals surface area contributed by atoms with Gasteiger partial charge in [0.1, 0.15) is 11.6 Å². The largest absolute Gasteiger partial charge is 0.496 e. The second-order valence-electron chi connectivity index (χ2n) is 12.6. The second-order valence-corrected chi connectivity index (χ2v) is 12.6. The third-order valence-electron chi connectivity index (χ3n) is 9.55. The Morgan fingerprint density at radius 2 is 1.77 bits per heavy atom. The SMILES string of the molecule is COc1cccc(CN(C(=O)C2=C(c3ccc(CCCNCc4cccc(F)c4C)cc3)CC3CNCC2N3)C2CC2)c1C. The van der Waals surface area contributed by atoms with Crippen molar-refractivity contribution < 1.29 is 13.9 Å². The van der Waals surface area contributed by atoms with Gasteiger partial charge in [-0.25, -0.2) is 4.39 Å². The number of benzene rings is 3. The summed E-state index contributed by atoms with van der Waals surface area (Å²) in [7, 11) is 1.70. The second kappa shape index (κ2) is 13.6. The van der Waals surface area contributed by atoms with Crippen LogP contribution in [0.5, 0.6) is 5.75 Å². The number of halogens is 1. The molecule has 3 aromatic carbocycles. The number of aryl methyl sites for hydroxylation is 1. The third-order valence-corrected chi connectivity index (χ3v) is 9.55. The summed E-state index contributed by atoms with van der Waals surface area (Å²) in [5.41, 5.74) is 8.52. The monoisotopic (exact) mass is 596 g/mol. The Bertz CT molecular complexity index is 1510. The Hall–Kier alpha value is -3.52. The van der Waals surface area contributed by atoms with E-state index in [-0.39, 0.29) is 23.8 Å². The molecular formula is C37H45FN4O2. The maximum atomic E-state index is 14.5.